The van der Waals surface area contributed by atoms with Gasteiger partial charge < -0.3 is 5.32 Å². The van der Waals surface area contributed by atoms with Crippen molar-refractivity contribution in [2.24, 2.45) is 0 Å². The molecule has 0 fully saturated rings. The minimum Gasteiger partial charge on any atom is -0.319 e. The van der Waals surface area contributed by atoms with Gasteiger partial charge in [-0.1, -0.05) is 22.9 Å². The second-order valence-corrected chi connectivity index (χ2v) is 5.02. The minimum atomic E-state index is -4.58. The quantitative estimate of drug-likeness (QED) is 0.878. The van der Waals surface area contributed by atoms with Gasteiger partial charge >= 0.3 is 6.18 Å². The summed E-state index contributed by atoms with van der Waals surface area (Å²) in [5.41, 5.74) is -1.30. The van der Waals surface area contributed by atoms with Crippen LogP contribution in [0.4, 0.5) is 18.9 Å². The molecule has 1 aromatic heterocycles. The molecule has 5 nitrogen and oxygen atoms in total. The number of benzene rings is 1. The molecule has 0 aliphatic heterocycles. The molecule has 1 heterocycles. The van der Waals surface area contributed by atoms with Gasteiger partial charge in [0.25, 0.3) is 5.91 Å². The van der Waals surface area contributed by atoms with Crippen LogP contribution in [0.2, 0.25) is 0 Å². The molecule has 0 aliphatic carbocycles. The van der Waals surface area contributed by atoms with Crippen LogP contribution in [0.25, 0.3) is 0 Å². The third-order valence-corrected chi connectivity index (χ3v) is 3.10. The van der Waals surface area contributed by atoms with Crippen LogP contribution >= 0.6 is 15.9 Å². The fraction of sp³-hybridized carbons (Fsp3) is 0.250. The van der Waals surface area contributed by atoms with E-state index in [1.807, 2.05) is 0 Å². The number of alkyl halides is 3. The number of aromatic amines is 1. The third kappa shape index (κ3) is 3.60. The van der Waals surface area contributed by atoms with E-state index in [-0.39, 0.29) is 16.0 Å². The topological polar surface area (TPSA) is 70.7 Å². The number of anilines is 1. The SMILES string of the molecule is CCc1nc(C(=O)Nc2ccc(Br)cc2C(F)(F)F)n[nH]1. The van der Waals surface area contributed by atoms with E-state index in [0.29, 0.717) is 12.2 Å². The fourth-order valence-corrected chi connectivity index (χ4v) is 1.95. The van der Waals surface area contributed by atoms with Gasteiger partial charge in [0.15, 0.2) is 0 Å². The number of halogens is 4. The fourth-order valence-electron chi connectivity index (χ4n) is 1.59. The highest BCUT2D eigenvalue weighted by Crippen LogP contribution is 2.36. The summed E-state index contributed by atoms with van der Waals surface area (Å²) in [6.07, 6.45) is -4.05. The van der Waals surface area contributed by atoms with Crippen molar-refractivity contribution in [1.82, 2.24) is 15.2 Å². The molecule has 0 bridgehead atoms. The molecule has 21 heavy (non-hydrogen) atoms. The van der Waals surface area contributed by atoms with Gasteiger partial charge in [0.2, 0.25) is 5.82 Å². The molecule has 0 saturated heterocycles. The Morgan fingerprint density at radius 1 is 1.43 bits per heavy atom. The van der Waals surface area contributed by atoms with Crippen LogP contribution in [-0.4, -0.2) is 21.1 Å². The standard InChI is InChI=1S/C12H10BrF3N4O/c1-2-9-18-10(20-19-9)11(21)17-8-4-3-6(13)5-7(8)12(14,15)16/h3-5H,2H2,1H3,(H,17,21)(H,18,19,20). The first kappa shape index (κ1) is 15.5. The zero-order valence-corrected chi connectivity index (χ0v) is 12.3. The molecular weight excluding hydrogens is 353 g/mol. The predicted molar refractivity (Wildman–Crippen MR) is 72.9 cm³/mol. The summed E-state index contributed by atoms with van der Waals surface area (Å²) in [6, 6.07) is 3.46. The van der Waals surface area contributed by atoms with Gasteiger partial charge in [0.05, 0.1) is 11.3 Å². The van der Waals surface area contributed by atoms with E-state index in [4.69, 9.17) is 0 Å². The molecule has 1 amide bonds. The van der Waals surface area contributed by atoms with Gasteiger partial charge in [0, 0.05) is 10.9 Å². The average molecular weight is 363 g/mol. The molecule has 0 spiro atoms. The highest BCUT2D eigenvalue weighted by atomic mass is 79.9. The lowest BCUT2D eigenvalue weighted by Gasteiger charge is -2.13. The molecule has 9 heteroatoms. The highest BCUT2D eigenvalue weighted by Gasteiger charge is 2.34. The van der Waals surface area contributed by atoms with Crippen molar-refractivity contribution in [2.75, 3.05) is 5.32 Å². The summed E-state index contributed by atoms with van der Waals surface area (Å²) in [7, 11) is 0. The smallest absolute Gasteiger partial charge is 0.319 e. The van der Waals surface area contributed by atoms with E-state index in [0.717, 1.165) is 12.1 Å². The second-order valence-electron chi connectivity index (χ2n) is 4.10. The molecule has 2 rings (SSSR count). The number of nitrogens with one attached hydrogen (secondary N) is 2. The van der Waals surface area contributed by atoms with Crippen molar-refractivity contribution in [2.45, 2.75) is 19.5 Å². The van der Waals surface area contributed by atoms with E-state index in [1.165, 1.54) is 6.07 Å². The molecule has 2 aromatic rings. The maximum Gasteiger partial charge on any atom is 0.418 e. The van der Waals surface area contributed by atoms with Crippen molar-refractivity contribution in [3.8, 4) is 0 Å². The number of hydrogen-bond donors (Lipinski definition) is 2. The molecule has 0 saturated carbocycles. The van der Waals surface area contributed by atoms with Crippen LogP contribution in [0.1, 0.15) is 28.9 Å². The summed E-state index contributed by atoms with van der Waals surface area (Å²) < 4.78 is 39.1. The zero-order chi connectivity index (χ0) is 15.6. The van der Waals surface area contributed by atoms with Crippen LogP contribution in [0.15, 0.2) is 22.7 Å². The van der Waals surface area contributed by atoms with Crippen molar-refractivity contribution >= 4 is 27.5 Å². The van der Waals surface area contributed by atoms with Gasteiger partial charge in [-0.2, -0.15) is 13.2 Å². The van der Waals surface area contributed by atoms with Crippen LogP contribution < -0.4 is 5.32 Å². The number of amides is 1. The van der Waals surface area contributed by atoms with Gasteiger partial charge in [-0.05, 0) is 18.2 Å². The van der Waals surface area contributed by atoms with E-state index in [9.17, 15) is 18.0 Å². The Bertz CT molecular complexity index is 669. The summed E-state index contributed by atoms with van der Waals surface area (Å²) >= 11 is 2.97. The maximum absolute atomic E-state index is 12.9. The number of H-pyrrole nitrogens is 1. The largest absolute Gasteiger partial charge is 0.418 e. The minimum absolute atomic E-state index is 0.206. The summed E-state index contributed by atoms with van der Waals surface area (Å²) in [5.74, 6) is -0.534. The monoisotopic (exact) mass is 362 g/mol. The number of aryl methyl sites for hydroxylation is 1. The lowest BCUT2D eigenvalue weighted by atomic mass is 10.1. The van der Waals surface area contributed by atoms with E-state index in [2.05, 4.69) is 36.4 Å². The average Bonchev–Trinajstić information content (AvgIpc) is 2.88. The third-order valence-electron chi connectivity index (χ3n) is 2.60. The predicted octanol–water partition coefficient (Wildman–Crippen LogP) is 3.40. The first-order chi connectivity index (χ1) is 9.81. The van der Waals surface area contributed by atoms with Gasteiger partial charge in [-0.3, -0.25) is 9.89 Å². The zero-order valence-electron chi connectivity index (χ0n) is 10.8. The molecule has 0 atom stereocenters. The molecule has 2 N–H and O–H groups in total. The molecular formula is C12H10BrF3N4O. The molecule has 1 aromatic carbocycles. The lowest BCUT2D eigenvalue weighted by molar-refractivity contribution is -0.136. The van der Waals surface area contributed by atoms with Crippen LogP contribution in [-0.2, 0) is 12.6 Å². The van der Waals surface area contributed by atoms with E-state index in [1.54, 1.807) is 6.92 Å². The number of aromatic nitrogens is 3. The van der Waals surface area contributed by atoms with Crippen LogP contribution in [0.5, 0.6) is 0 Å². The van der Waals surface area contributed by atoms with Crippen molar-refractivity contribution in [3.63, 3.8) is 0 Å². The van der Waals surface area contributed by atoms with E-state index >= 15 is 0 Å². The molecule has 0 unspecified atom stereocenters. The molecule has 0 aliphatic rings. The van der Waals surface area contributed by atoms with Gasteiger partial charge in [0.1, 0.15) is 5.82 Å². The number of carbonyl (C=O) groups is 1. The van der Waals surface area contributed by atoms with E-state index < -0.39 is 17.6 Å². The van der Waals surface area contributed by atoms with Crippen molar-refractivity contribution < 1.29 is 18.0 Å². The molecule has 0 radical (unpaired) electrons. The lowest BCUT2D eigenvalue weighted by Crippen LogP contribution is -2.18. The first-order valence-electron chi connectivity index (χ1n) is 5.90. The number of nitrogens with zero attached hydrogens (tertiary/aromatic N) is 2. The Morgan fingerprint density at radius 2 is 2.14 bits per heavy atom. The number of hydrogen-bond acceptors (Lipinski definition) is 3. The van der Waals surface area contributed by atoms with Crippen LogP contribution in [0.3, 0.4) is 0 Å². The Labute approximate surface area is 126 Å². The molecule has 112 valence electrons. The Balaban J connectivity index is 2.29. The Hall–Kier alpha value is -1.90. The van der Waals surface area contributed by atoms with Gasteiger partial charge in [-0.15, -0.1) is 5.10 Å². The summed E-state index contributed by atoms with van der Waals surface area (Å²) in [4.78, 5) is 15.7. The van der Waals surface area contributed by atoms with Crippen molar-refractivity contribution in [1.29, 1.82) is 0 Å². The summed E-state index contributed by atoms with van der Waals surface area (Å²) in [5, 5.41) is 8.35. The van der Waals surface area contributed by atoms with Gasteiger partial charge in [-0.25, -0.2) is 4.98 Å². The number of carbonyl (C=O) groups excluding carboxylic acids is 1. The maximum atomic E-state index is 12.9. The normalized spacial score (nSPS) is 11.5. The van der Waals surface area contributed by atoms with Crippen LogP contribution in [0, 0.1) is 0 Å². The first-order valence-corrected chi connectivity index (χ1v) is 6.70. The highest BCUT2D eigenvalue weighted by molar-refractivity contribution is 9.10. The number of rotatable bonds is 3. The second kappa shape index (κ2) is 5.84. The summed E-state index contributed by atoms with van der Waals surface area (Å²) in [6.45, 7) is 1.80. The van der Waals surface area contributed by atoms with Crippen molar-refractivity contribution in [3.05, 3.63) is 39.9 Å². The Kier molecular flexibility index (Phi) is 4.31. The Morgan fingerprint density at radius 3 is 2.71 bits per heavy atom.